The molecule has 1 aromatic carbocycles. The fourth-order valence-corrected chi connectivity index (χ4v) is 2.56. The van der Waals surface area contributed by atoms with Crippen molar-refractivity contribution in [3.8, 4) is 0 Å². The first kappa shape index (κ1) is 12.3. The molecule has 90 valence electrons. The lowest BCUT2D eigenvalue weighted by atomic mass is 9.85. The first-order chi connectivity index (χ1) is 7.89. The SMILES string of the molecule is CN1C(=O)C(C)(C)c2ccc(C(=O)CBr)cc21. The third kappa shape index (κ3) is 1.71. The highest BCUT2D eigenvalue weighted by Gasteiger charge is 2.42. The molecule has 0 bridgehead atoms. The van der Waals surface area contributed by atoms with E-state index in [1.165, 1.54) is 0 Å². The fourth-order valence-electron chi connectivity index (χ4n) is 2.23. The molecule has 0 aromatic heterocycles. The Bertz CT molecular complexity index is 508. The molecule has 0 saturated carbocycles. The normalized spacial score (nSPS) is 17.2. The minimum absolute atomic E-state index is 0.0263. The van der Waals surface area contributed by atoms with E-state index in [0.29, 0.717) is 10.9 Å². The van der Waals surface area contributed by atoms with Gasteiger partial charge in [0.1, 0.15) is 0 Å². The van der Waals surface area contributed by atoms with Crippen LogP contribution >= 0.6 is 15.9 Å². The lowest BCUT2D eigenvalue weighted by Gasteiger charge is -2.16. The zero-order chi connectivity index (χ0) is 12.8. The van der Waals surface area contributed by atoms with Crippen molar-refractivity contribution in [3.63, 3.8) is 0 Å². The standard InChI is InChI=1S/C13H14BrNO2/c1-13(2)9-5-4-8(11(16)7-14)6-10(9)15(3)12(13)17/h4-6H,7H2,1-3H3. The maximum atomic E-state index is 12.1. The number of benzene rings is 1. The number of carbonyl (C=O) groups excluding carboxylic acids is 2. The molecule has 0 aliphatic carbocycles. The summed E-state index contributed by atoms with van der Waals surface area (Å²) in [5.41, 5.74) is 1.96. The van der Waals surface area contributed by atoms with Gasteiger partial charge in [0.05, 0.1) is 10.7 Å². The summed E-state index contributed by atoms with van der Waals surface area (Å²) in [6, 6.07) is 5.47. The minimum atomic E-state index is -0.500. The van der Waals surface area contributed by atoms with Crippen LogP contribution in [-0.2, 0) is 10.2 Å². The largest absolute Gasteiger partial charge is 0.314 e. The molecule has 3 nitrogen and oxygen atoms in total. The van der Waals surface area contributed by atoms with E-state index in [-0.39, 0.29) is 11.7 Å². The van der Waals surface area contributed by atoms with Crippen LogP contribution < -0.4 is 4.90 Å². The molecule has 4 heteroatoms. The molecule has 0 saturated heterocycles. The van der Waals surface area contributed by atoms with Gasteiger partial charge in [-0.15, -0.1) is 0 Å². The van der Waals surface area contributed by atoms with Crippen LogP contribution in [0.3, 0.4) is 0 Å². The number of halogens is 1. The Morgan fingerprint density at radius 3 is 2.65 bits per heavy atom. The van der Waals surface area contributed by atoms with E-state index in [1.54, 1.807) is 24.1 Å². The van der Waals surface area contributed by atoms with Crippen LogP contribution in [0, 0.1) is 0 Å². The zero-order valence-electron chi connectivity index (χ0n) is 10.1. The lowest BCUT2D eigenvalue weighted by Crippen LogP contribution is -2.33. The van der Waals surface area contributed by atoms with Crippen LogP contribution in [0.15, 0.2) is 18.2 Å². The van der Waals surface area contributed by atoms with Gasteiger partial charge in [-0.2, -0.15) is 0 Å². The first-order valence-electron chi connectivity index (χ1n) is 5.41. The summed E-state index contributed by atoms with van der Waals surface area (Å²) in [6.45, 7) is 3.81. The van der Waals surface area contributed by atoms with E-state index < -0.39 is 5.41 Å². The Labute approximate surface area is 109 Å². The molecular weight excluding hydrogens is 282 g/mol. The second-order valence-electron chi connectivity index (χ2n) is 4.78. The van der Waals surface area contributed by atoms with Crippen molar-refractivity contribution in [2.45, 2.75) is 19.3 Å². The van der Waals surface area contributed by atoms with Crippen molar-refractivity contribution in [1.29, 1.82) is 0 Å². The topological polar surface area (TPSA) is 37.4 Å². The Morgan fingerprint density at radius 1 is 1.41 bits per heavy atom. The quantitative estimate of drug-likeness (QED) is 0.621. The fraction of sp³-hybridized carbons (Fsp3) is 0.385. The second kappa shape index (κ2) is 3.95. The van der Waals surface area contributed by atoms with Crippen molar-refractivity contribution in [1.82, 2.24) is 0 Å². The van der Waals surface area contributed by atoms with Crippen LogP contribution in [0.5, 0.6) is 0 Å². The van der Waals surface area contributed by atoms with E-state index in [0.717, 1.165) is 11.3 Å². The van der Waals surface area contributed by atoms with Crippen LogP contribution in [0.2, 0.25) is 0 Å². The molecule has 0 atom stereocenters. The molecule has 0 N–H and O–H groups in total. The van der Waals surface area contributed by atoms with Gasteiger partial charge < -0.3 is 4.90 Å². The van der Waals surface area contributed by atoms with Gasteiger partial charge in [0, 0.05) is 18.3 Å². The number of rotatable bonds is 2. The average molecular weight is 296 g/mol. The third-order valence-electron chi connectivity index (χ3n) is 3.32. The summed E-state index contributed by atoms with van der Waals surface area (Å²) in [7, 11) is 1.75. The Balaban J connectivity index is 2.56. The minimum Gasteiger partial charge on any atom is -0.314 e. The van der Waals surface area contributed by atoms with Gasteiger partial charge in [-0.1, -0.05) is 28.1 Å². The van der Waals surface area contributed by atoms with Crippen LogP contribution in [0.4, 0.5) is 5.69 Å². The number of ketones is 1. The Morgan fingerprint density at radius 2 is 2.06 bits per heavy atom. The number of fused-ring (bicyclic) bond motifs is 1. The number of carbonyl (C=O) groups is 2. The molecule has 1 heterocycles. The molecular formula is C13H14BrNO2. The van der Waals surface area contributed by atoms with Crippen molar-refractivity contribution < 1.29 is 9.59 Å². The Hall–Kier alpha value is -1.16. The first-order valence-corrected chi connectivity index (χ1v) is 6.53. The number of anilines is 1. The molecule has 1 aromatic rings. The van der Waals surface area contributed by atoms with E-state index in [1.807, 2.05) is 19.9 Å². The number of amides is 1. The van der Waals surface area contributed by atoms with E-state index in [9.17, 15) is 9.59 Å². The maximum Gasteiger partial charge on any atom is 0.236 e. The van der Waals surface area contributed by atoms with Crippen molar-refractivity contribution in [2.24, 2.45) is 0 Å². The number of likely N-dealkylation sites (N-methyl/N-ethyl adjacent to an activating group) is 1. The summed E-state index contributed by atoms with van der Waals surface area (Å²) < 4.78 is 0. The highest BCUT2D eigenvalue weighted by atomic mass is 79.9. The highest BCUT2D eigenvalue weighted by molar-refractivity contribution is 9.09. The Kier molecular flexibility index (Phi) is 2.86. The monoisotopic (exact) mass is 295 g/mol. The lowest BCUT2D eigenvalue weighted by molar-refractivity contribution is -0.121. The van der Waals surface area contributed by atoms with Crippen molar-refractivity contribution >= 4 is 33.3 Å². The zero-order valence-corrected chi connectivity index (χ0v) is 11.7. The predicted molar refractivity (Wildman–Crippen MR) is 71.0 cm³/mol. The molecule has 0 radical (unpaired) electrons. The number of hydrogen-bond acceptors (Lipinski definition) is 2. The van der Waals surface area contributed by atoms with Gasteiger partial charge in [0.15, 0.2) is 5.78 Å². The molecule has 0 fully saturated rings. The van der Waals surface area contributed by atoms with Gasteiger partial charge in [-0.3, -0.25) is 9.59 Å². The summed E-state index contributed by atoms with van der Waals surface area (Å²) >= 11 is 3.15. The van der Waals surface area contributed by atoms with Crippen LogP contribution in [0.1, 0.15) is 29.8 Å². The predicted octanol–water partition coefficient (Wildman–Crippen LogP) is 2.52. The van der Waals surface area contributed by atoms with E-state index in [2.05, 4.69) is 15.9 Å². The molecule has 17 heavy (non-hydrogen) atoms. The van der Waals surface area contributed by atoms with E-state index in [4.69, 9.17) is 0 Å². The number of alkyl halides is 1. The van der Waals surface area contributed by atoms with Gasteiger partial charge in [0.25, 0.3) is 0 Å². The molecule has 1 amide bonds. The summed E-state index contributed by atoms with van der Waals surface area (Å²) in [5, 5.41) is 0.298. The molecule has 1 aliphatic heterocycles. The number of hydrogen-bond donors (Lipinski definition) is 0. The van der Waals surface area contributed by atoms with Crippen molar-refractivity contribution in [2.75, 3.05) is 17.3 Å². The number of nitrogens with zero attached hydrogens (tertiary/aromatic N) is 1. The molecule has 1 aliphatic rings. The van der Waals surface area contributed by atoms with Gasteiger partial charge in [-0.05, 0) is 25.5 Å². The van der Waals surface area contributed by atoms with Gasteiger partial charge in [0.2, 0.25) is 5.91 Å². The summed E-state index contributed by atoms with van der Waals surface area (Å²) in [5.74, 6) is 0.0919. The third-order valence-corrected chi connectivity index (χ3v) is 3.82. The number of Topliss-reactive ketones (excluding diaryl/α,β-unsaturated/α-hetero) is 1. The summed E-state index contributed by atoms with van der Waals surface area (Å²) in [6.07, 6.45) is 0. The molecule has 0 spiro atoms. The molecule has 0 unspecified atom stereocenters. The average Bonchev–Trinajstić information content (AvgIpc) is 2.50. The van der Waals surface area contributed by atoms with E-state index >= 15 is 0 Å². The molecule has 2 rings (SSSR count). The van der Waals surface area contributed by atoms with Gasteiger partial charge in [-0.25, -0.2) is 0 Å². The maximum absolute atomic E-state index is 12.1. The summed E-state index contributed by atoms with van der Waals surface area (Å²) in [4.78, 5) is 25.3. The second-order valence-corrected chi connectivity index (χ2v) is 5.34. The van der Waals surface area contributed by atoms with Crippen molar-refractivity contribution in [3.05, 3.63) is 29.3 Å². The van der Waals surface area contributed by atoms with Crippen LogP contribution in [-0.4, -0.2) is 24.1 Å². The van der Waals surface area contributed by atoms with Gasteiger partial charge >= 0.3 is 0 Å². The highest BCUT2D eigenvalue weighted by Crippen LogP contribution is 2.41. The smallest absolute Gasteiger partial charge is 0.236 e. The van der Waals surface area contributed by atoms with Crippen LogP contribution in [0.25, 0.3) is 0 Å².